The van der Waals surface area contributed by atoms with Crippen LogP contribution in [0.15, 0.2) is 42.1 Å². The highest BCUT2D eigenvalue weighted by molar-refractivity contribution is 6.09. The van der Waals surface area contributed by atoms with E-state index in [1.807, 2.05) is 0 Å². The average molecular weight is 433 g/mol. The fraction of sp³-hybridized carbons (Fsp3) is 0.238. The Morgan fingerprint density at radius 3 is 2.26 bits per heavy atom. The second kappa shape index (κ2) is 7.86. The Kier molecular flexibility index (Phi) is 5.58. The molecule has 0 aromatic heterocycles. The molecule has 0 radical (unpaired) electrons. The number of hydrogen-bond donors (Lipinski definition) is 0. The van der Waals surface area contributed by atoms with Gasteiger partial charge < -0.3 is 9.80 Å². The first-order valence-corrected chi connectivity index (χ1v) is 9.12. The van der Waals surface area contributed by atoms with Crippen LogP contribution in [0.1, 0.15) is 18.1 Å². The molecular weight excluding hydrogens is 415 g/mol. The zero-order chi connectivity index (χ0) is 23.1. The van der Waals surface area contributed by atoms with Gasteiger partial charge in [-0.25, -0.2) is 13.2 Å². The van der Waals surface area contributed by atoms with Gasteiger partial charge >= 0.3 is 0 Å². The van der Waals surface area contributed by atoms with Gasteiger partial charge in [0.25, 0.3) is 17.5 Å². The summed E-state index contributed by atoms with van der Waals surface area (Å²) in [7, 11) is 2.63. The number of benzene rings is 2. The van der Waals surface area contributed by atoms with E-state index in [1.165, 1.54) is 45.3 Å². The van der Waals surface area contributed by atoms with Crippen molar-refractivity contribution in [3.05, 3.63) is 80.8 Å². The van der Waals surface area contributed by atoms with Gasteiger partial charge in [-0.3, -0.25) is 19.7 Å². The third kappa shape index (κ3) is 3.76. The van der Waals surface area contributed by atoms with E-state index < -0.39 is 51.0 Å². The summed E-state index contributed by atoms with van der Waals surface area (Å²) >= 11 is 0. The summed E-state index contributed by atoms with van der Waals surface area (Å²) in [4.78, 5) is 38.6. The number of rotatable bonds is 4. The predicted octanol–water partition coefficient (Wildman–Crippen LogP) is 3.28. The number of halogens is 3. The lowest BCUT2D eigenvalue weighted by Gasteiger charge is -2.45. The number of carbonyl (C=O) groups is 2. The lowest BCUT2D eigenvalue weighted by Crippen LogP contribution is -2.64. The lowest BCUT2D eigenvalue weighted by atomic mass is 9.87. The summed E-state index contributed by atoms with van der Waals surface area (Å²) in [5.74, 6) is -4.55. The van der Waals surface area contributed by atoms with Crippen LogP contribution >= 0.6 is 0 Å². The van der Waals surface area contributed by atoms with Gasteiger partial charge in [0.05, 0.1) is 10.5 Å². The molecule has 10 heteroatoms. The van der Waals surface area contributed by atoms with E-state index in [0.29, 0.717) is 11.6 Å². The molecule has 1 aliphatic rings. The van der Waals surface area contributed by atoms with E-state index in [1.54, 1.807) is 0 Å². The fourth-order valence-corrected chi connectivity index (χ4v) is 3.50. The normalized spacial score (nSPS) is 20.5. The van der Waals surface area contributed by atoms with Gasteiger partial charge in [-0.2, -0.15) is 0 Å². The topological polar surface area (TPSA) is 83.8 Å². The van der Waals surface area contributed by atoms with Crippen LogP contribution in [0, 0.1) is 27.6 Å². The lowest BCUT2D eigenvalue weighted by molar-refractivity contribution is -0.385. The van der Waals surface area contributed by atoms with Crippen molar-refractivity contribution in [1.29, 1.82) is 0 Å². The van der Waals surface area contributed by atoms with E-state index in [0.717, 1.165) is 21.9 Å². The van der Waals surface area contributed by atoms with Gasteiger partial charge in [0.1, 0.15) is 17.1 Å². The predicted molar refractivity (Wildman–Crippen MR) is 105 cm³/mol. The molecule has 0 saturated carbocycles. The number of nitro groups is 1. The highest BCUT2D eigenvalue weighted by Gasteiger charge is 2.48. The molecule has 7 nitrogen and oxygen atoms in total. The fourth-order valence-electron chi connectivity index (χ4n) is 3.50. The highest BCUT2D eigenvalue weighted by Crippen LogP contribution is 2.33. The molecule has 2 aromatic carbocycles. The molecule has 0 spiro atoms. The summed E-state index contributed by atoms with van der Waals surface area (Å²) in [6.07, 6.45) is 0.866. The van der Waals surface area contributed by atoms with Crippen LogP contribution in [0.4, 0.5) is 18.9 Å². The molecule has 162 valence electrons. The van der Waals surface area contributed by atoms with E-state index in [4.69, 9.17) is 0 Å². The van der Waals surface area contributed by atoms with Crippen LogP contribution in [0.2, 0.25) is 0 Å². The number of likely N-dealkylation sites (N-methyl/N-ethyl adjacent to an activating group) is 2. The first-order valence-electron chi connectivity index (χ1n) is 9.12. The van der Waals surface area contributed by atoms with E-state index in [9.17, 15) is 32.9 Å². The van der Waals surface area contributed by atoms with Crippen molar-refractivity contribution in [3.8, 4) is 0 Å². The third-order valence-corrected chi connectivity index (χ3v) is 5.44. The standard InChI is InChI=1S/C21H18F3N3O4/c1-21(11-12-4-6-13(22)7-5-12)20(29)25(2)17(19(28)26(21)3)10-14-16(27(30)31)9-8-15(23)18(14)24/h4-10H,11H2,1-3H3. The highest BCUT2D eigenvalue weighted by atomic mass is 19.2. The Bertz CT molecular complexity index is 1120. The van der Waals surface area contributed by atoms with Crippen molar-refractivity contribution in [2.75, 3.05) is 14.1 Å². The first-order chi connectivity index (χ1) is 14.5. The minimum atomic E-state index is -1.50. The molecule has 2 aromatic rings. The van der Waals surface area contributed by atoms with Crippen LogP contribution < -0.4 is 0 Å². The summed E-state index contributed by atoms with van der Waals surface area (Å²) in [6, 6.07) is 6.83. The van der Waals surface area contributed by atoms with Crippen molar-refractivity contribution in [3.63, 3.8) is 0 Å². The van der Waals surface area contributed by atoms with E-state index in [-0.39, 0.29) is 12.1 Å². The van der Waals surface area contributed by atoms with Gasteiger partial charge in [-0.1, -0.05) is 12.1 Å². The molecule has 0 N–H and O–H groups in total. The Labute approximate surface area is 175 Å². The van der Waals surface area contributed by atoms with Crippen molar-refractivity contribution >= 4 is 23.6 Å². The first kappa shape index (κ1) is 22.0. The van der Waals surface area contributed by atoms with E-state index >= 15 is 0 Å². The second-order valence-corrected chi connectivity index (χ2v) is 7.39. The molecule has 1 atom stereocenters. The molecule has 0 aliphatic carbocycles. The number of amides is 2. The number of piperazine rings is 1. The molecule has 1 aliphatic heterocycles. The Balaban J connectivity index is 2.06. The van der Waals surface area contributed by atoms with Gasteiger partial charge in [-0.15, -0.1) is 0 Å². The number of carbonyl (C=O) groups excluding carboxylic acids is 2. The minimum absolute atomic E-state index is 0.0699. The summed E-state index contributed by atoms with van der Waals surface area (Å²) in [6.45, 7) is 1.52. The maximum Gasteiger partial charge on any atom is 0.279 e. The zero-order valence-electron chi connectivity index (χ0n) is 16.9. The Morgan fingerprint density at radius 2 is 1.68 bits per heavy atom. The van der Waals surface area contributed by atoms with Gasteiger partial charge in [0.2, 0.25) is 0 Å². The largest absolute Gasteiger partial charge is 0.326 e. The Hall–Kier alpha value is -3.69. The SMILES string of the molecule is CN1C(=O)C(C)(Cc2ccc(F)cc2)N(C)C(=O)C1=Cc1c([N+](=O)[O-])ccc(F)c1F. The summed E-state index contributed by atoms with van der Waals surface area (Å²) in [5.41, 5.74) is -2.60. The maximum atomic E-state index is 14.3. The molecular formula is C21H18F3N3O4. The molecule has 31 heavy (non-hydrogen) atoms. The van der Waals surface area contributed by atoms with Crippen molar-refractivity contribution in [2.24, 2.45) is 0 Å². The van der Waals surface area contributed by atoms with Crippen LogP contribution in [0.5, 0.6) is 0 Å². The van der Waals surface area contributed by atoms with Crippen LogP contribution in [-0.2, 0) is 16.0 Å². The third-order valence-electron chi connectivity index (χ3n) is 5.44. The number of hydrogen-bond acceptors (Lipinski definition) is 4. The molecule has 1 saturated heterocycles. The average Bonchev–Trinajstić information content (AvgIpc) is 2.73. The van der Waals surface area contributed by atoms with Crippen molar-refractivity contribution < 1.29 is 27.7 Å². The minimum Gasteiger partial charge on any atom is -0.326 e. The monoisotopic (exact) mass is 433 g/mol. The van der Waals surface area contributed by atoms with Crippen LogP contribution in [-0.4, -0.2) is 46.2 Å². The quantitative estimate of drug-likeness (QED) is 0.421. The summed E-state index contributed by atoms with van der Waals surface area (Å²) in [5, 5.41) is 11.2. The molecule has 1 unspecified atom stereocenters. The molecule has 1 heterocycles. The zero-order valence-corrected chi connectivity index (χ0v) is 16.9. The van der Waals surface area contributed by atoms with E-state index in [2.05, 4.69) is 0 Å². The van der Waals surface area contributed by atoms with Crippen molar-refractivity contribution in [1.82, 2.24) is 9.80 Å². The van der Waals surface area contributed by atoms with Crippen LogP contribution in [0.25, 0.3) is 6.08 Å². The molecule has 1 fully saturated rings. The molecule has 3 rings (SSSR count). The molecule has 0 bridgehead atoms. The molecule has 2 amide bonds. The van der Waals surface area contributed by atoms with Crippen molar-refractivity contribution in [2.45, 2.75) is 18.9 Å². The van der Waals surface area contributed by atoms with Gasteiger partial charge in [0.15, 0.2) is 11.6 Å². The summed E-state index contributed by atoms with van der Waals surface area (Å²) < 4.78 is 41.2. The smallest absolute Gasteiger partial charge is 0.279 e. The maximum absolute atomic E-state index is 14.3. The van der Waals surface area contributed by atoms with Gasteiger partial charge in [0, 0.05) is 26.6 Å². The second-order valence-electron chi connectivity index (χ2n) is 7.39. The Morgan fingerprint density at radius 1 is 1.06 bits per heavy atom. The number of nitrogens with zero attached hydrogens (tertiary/aromatic N) is 3. The van der Waals surface area contributed by atoms with Crippen LogP contribution in [0.3, 0.4) is 0 Å². The number of nitro benzene ring substituents is 1. The van der Waals surface area contributed by atoms with Gasteiger partial charge in [-0.05, 0) is 36.8 Å².